The van der Waals surface area contributed by atoms with Crippen LogP contribution in [0.5, 0.6) is 0 Å². The minimum absolute atomic E-state index is 0.0197. The zero-order valence-electron chi connectivity index (χ0n) is 13.0. The highest BCUT2D eigenvalue weighted by molar-refractivity contribution is 6.30. The van der Waals surface area contributed by atoms with Crippen molar-refractivity contribution in [3.8, 4) is 0 Å². The first kappa shape index (κ1) is 16.0. The highest BCUT2D eigenvalue weighted by Gasteiger charge is 2.44. The average Bonchev–Trinajstić information content (AvgIpc) is 3.34. The third kappa shape index (κ3) is 3.74. The molecule has 0 saturated heterocycles. The Kier molecular flexibility index (Phi) is 4.69. The molecule has 1 amide bonds. The van der Waals surface area contributed by atoms with Crippen LogP contribution in [0.15, 0.2) is 48.5 Å². The lowest BCUT2D eigenvalue weighted by Gasteiger charge is -2.12. The summed E-state index contributed by atoms with van der Waals surface area (Å²) in [5.41, 5.74) is 3.24. The van der Waals surface area contributed by atoms with Gasteiger partial charge in [-0.2, -0.15) is 0 Å². The van der Waals surface area contributed by atoms with E-state index in [4.69, 9.17) is 11.6 Å². The molecule has 120 valence electrons. The van der Waals surface area contributed by atoms with Gasteiger partial charge in [0.2, 0.25) is 5.91 Å². The summed E-state index contributed by atoms with van der Waals surface area (Å²) in [6.07, 6.45) is 0.167. The van der Waals surface area contributed by atoms with Crippen LogP contribution in [-0.4, -0.2) is 17.6 Å². The van der Waals surface area contributed by atoms with Crippen LogP contribution >= 0.6 is 11.6 Å². The topological polar surface area (TPSA) is 49.3 Å². The first-order valence-corrected chi connectivity index (χ1v) is 8.21. The number of carbonyl (C=O) groups is 1. The molecule has 0 spiro atoms. The smallest absolute Gasteiger partial charge is 0.223 e. The molecular formula is C19H20ClNO2. The Morgan fingerprint density at radius 1 is 1.26 bits per heavy atom. The fraction of sp³-hybridized carbons (Fsp3) is 0.316. The van der Waals surface area contributed by atoms with Crippen molar-refractivity contribution < 1.29 is 9.90 Å². The second-order valence-electron chi connectivity index (χ2n) is 6.12. The van der Waals surface area contributed by atoms with Crippen molar-refractivity contribution in [2.24, 2.45) is 5.92 Å². The van der Waals surface area contributed by atoms with E-state index in [-0.39, 0.29) is 18.4 Å². The fourth-order valence-electron chi connectivity index (χ4n) is 2.96. The van der Waals surface area contributed by atoms with Gasteiger partial charge in [0.15, 0.2) is 0 Å². The van der Waals surface area contributed by atoms with Crippen LogP contribution in [0.2, 0.25) is 5.02 Å². The quantitative estimate of drug-likeness (QED) is 0.880. The normalized spacial score (nSPS) is 20.8. The number of halogens is 1. The molecule has 1 saturated carbocycles. The molecule has 3 rings (SSSR count). The molecule has 1 fully saturated rings. The average molecular weight is 330 g/mol. The summed E-state index contributed by atoms with van der Waals surface area (Å²) in [7, 11) is 0. The Balaban J connectivity index is 1.53. The van der Waals surface area contributed by atoms with E-state index in [0.29, 0.717) is 10.9 Å². The second kappa shape index (κ2) is 6.73. The summed E-state index contributed by atoms with van der Waals surface area (Å²) in [4.78, 5) is 12.2. The Labute approximate surface area is 141 Å². The van der Waals surface area contributed by atoms with Crippen LogP contribution in [-0.2, 0) is 4.79 Å². The molecule has 0 bridgehead atoms. The van der Waals surface area contributed by atoms with Crippen molar-refractivity contribution in [1.82, 2.24) is 5.32 Å². The van der Waals surface area contributed by atoms with Gasteiger partial charge in [-0.25, -0.2) is 0 Å². The summed E-state index contributed by atoms with van der Waals surface area (Å²) in [5.74, 6) is 0.351. The fourth-order valence-corrected chi connectivity index (χ4v) is 3.09. The van der Waals surface area contributed by atoms with Gasteiger partial charge in [0.25, 0.3) is 0 Å². The Morgan fingerprint density at radius 3 is 2.65 bits per heavy atom. The number of aliphatic hydroxyl groups is 1. The number of carbonyl (C=O) groups excluding carboxylic acids is 1. The third-order valence-electron chi connectivity index (χ3n) is 4.44. The van der Waals surface area contributed by atoms with E-state index in [1.807, 2.05) is 12.1 Å². The molecule has 0 aliphatic heterocycles. The molecule has 0 heterocycles. The van der Waals surface area contributed by atoms with E-state index < -0.39 is 6.10 Å². The van der Waals surface area contributed by atoms with E-state index in [2.05, 4.69) is 24.4 Å². The molecule has 2 N–H and O–H groups in total. The summed E-state index contributed by atoms with van der Waals surface area (Å²) >= 11 is 5.83. The zero-order chi connectivity index (χ0) is 16.4. The van der Waals surface area contributed by atoms with E-state index in [1.54, 1.807) is 24.3 Å². The summed E-state index contributed by atoms with van der Waals surface area (Å²) in [5, 5.41) is 13.6. The maximum atomic E-state index is 12.2. The molecule has 2 aromatic carbocycles. The SMILES string of the molecule is Cc1ccccc1C1CC1C(=O)NCC(O)c1ccc(Cl)cc1. The van der Waals surface area contributed by atoms with E-state index in [0.717, 1.165) is 12.0 Å². The maximum Gasteiger partial charge on any atom is 0.223 e. The first-order valence-electron chi connectivity index (χ1n) is 7.83. The minimum atomic E-state index is -0.716. The van der Waals surface area contributed by atoms with Crippen LogP contribution in [0.25, 0.3) is 0 Å². The second-order valence-corrected chi connectivity index (χ2v) is 6.55. The summed E-state index contributed by atoms with van der Waals surface area (Å²) in [6.45, 7) is 2.30. The molecule has 0 radical (unpaired) electrons. The molecule has 23 heavy (non-hydrogen) atoms. The van der Waals surface area contributed by atoms with Gasteiger partial charge in [-0.05, 0) is 48.1 Å². The van der Waals surface area contributed by atoms with Gasteiger partial charge in [0, 0.05) is 17.5 Å². The molecule has 4 heteroatoms. The maximum absolute atomic E-state index is 12.2. The predicted octanol–water partition coefficient (Wildman–Crippen LogP) is 3.60. The predicted molar refractivity (Wildman–Crippen MR) is 91.4 cm³/mol. The lowest BCUT2D eigenvalue weighted by atomic mass is 10.0. The number of hydrogen-bond donors (Lipinski definition) is 2. The van der Waals surface area contributed by atoms with Crippen molar-refractivity contribution >= 4 is 17.5 Å². The van der Waals surface area contributed by atoms with Gasteiger partial charge in [0.05, 0.1) is 6.10 Å². The number of rotatable bonds is 5. The number of amides is 1. The molecule has 3 atom stereocenters. The van der Waals surface area contributed by atoms with Crippen LogP contribution in [0.4, 0.5) is 0 Å². The molecule has 2 aromatic rings. The van der Waals surface area contributed by atoms with Gasteiger partial charge in [-0.3, -0.25) is 4.79 Å². The Bertz CT molecular complexity index is 699. The number of benzene rings is 2. The standard InChI is InChI=1S/C19H20ClNO2/c1-12-4-2-3-5-15(12)16-10-17(16)19(23)21-11-18(22)13-6-8-14(20)9-7-13/h2-9,16-18,22H,10-11H2,1H3,(H,21,23). The zero-order valence-corrected chi connectivity index (χ0v) is 13.8. The third-order valence-corrected chi connectivity index (χ3v) is 4.69. The highest BCUT2D eigenvalue weighted by atomic mass is 35.5. The monoisotopic (exact) mass is 329 g/mol. The molecule has 3 nitrogen and oxygen atoms in total. The largest absolute Gasteiger partial charge is 0.387 e. The minimum Gasteiger partial charge on any atom is -0.387 e. The Hall–Kier alpha value is -1.84. The number of aliphatic hydroxyl groups excluding tert-OH is 1. The van der Waals surface area contributed by atoms with Crippen LogP contribution in [0, 0.1) is 12.8 Å². The number of aryl methyl sites for hydroxylation is 1. The molecule has 1 aliphatic rings. The van der Waals surface area contributed by atoms with Gasteiger partial charge < -0.3 is 10.4 Å². The first-order chi connectivity index (χ1) is 11.1. The van der Waals surface area contributed by atoms with Crippen LogP contribution < -0.4 is 5.32 Å². The van der Waals surface area contributed by atoms with Crippen LogP contribution in [0.1, 0.15) is 35.1 Å². The van der Waals surface area contributed by atoms with Crippen LogP contribution in [0.3, 0.4) is 0 Å². The van der Waals surface area contributed by atoms with E-state index in [1.165, 1.54) is 11.1 Å². The van der Waals surface area contributed by atoms with Crippen molar-refractivity contribution in [2.75, 3.05) is 6.54 Å². The van der Waals surface area contributed by atoms with Gasteiger partial charge in [0.1, 0.15) is 0 Å². The lowest BCUT2D eigenvalue weighted by Crippen LogP contribution is -2.30. The molecule has 0 aromatic heterocycles. The summed E-state index contributed by atoms with van der Waals surface area (Å²) in [6, 6.07) is 15.2. The van der Waals surface area contributed by atoms with Gasteiger partial charge >= 0.3 is 0 Å². The van der Waals surface area contributed by atoms with Crippen molar-refractivity contribution in [3.63, 3.8) is 0 Å². The number of nitrogens with one attached hydrogen (secondary N) is 1. The lowest BCUT2D eigenvalue weighted by molar-refractivity contribution is -0.122. The van der Waals surface area contributed by atoms with Crippen molar-refractivity contribution in [2.45, 2.75) is 25.4 Å². The molecule has 3 unspecified atom stereocenters. The molecular weight excluding hydrogens is 310 g/mol. The summed E-state index contributed by atoms with van der Waals surface area (Å²) < 4.78 is 0. The number of hydrogen-bond acceptors (Lipinski definition) is 2. The van der Waals surface area contributed by atoms with E-state index >= 15 is 0 Å². The van der Waals surface area contributed by atoms with Gasteiger partial charge in [-0.1, -0.05) is 48.0 Å². The van der Waals surface area contributed by atoms with Crippen molar-refractivity contribution in [1.29, 1.82) is 0 Å². The van der Waals surface area contributed by atoms with Gasteiger partial charge in [-0.15, -0.1) is 0 Å². The highest BCUT2D eigenvalue weighted by Crippen LogP contribution is 2.48. The van der Waals surface area contributed by atoms with Crippen molar-refractivity contribution in [3.05, 3.63) is 70.2 Å². The Morgan fingerprint density at radius 2 is 1.96 bits per heavy atom. The van der Waals surface area contributed by atoms with E-state index in [9.17, 15) is 9.90 Å². The molecule has 1 aliphatic carbocycles.